The van der Waals surface area contributed by atoms with Crippen LogP contribution in [0.15, 0.2) is 72.8 Å². The summed E-state index contributed by atoms with van der Waals surface area (Å²) in [6.07, 6.45) is 0. The summed E-state index contributed by atoms with van der Waals surface area (Å²) in [6, 6.07) is 23.7. The van der Waals surface area contributed by atoms with Gasteiger partial charge in [-0.15, -0.1) is 0 Å². The fraction of sp³-hybridized carbons (Fsp3) is 0.154. The van der Waals surface area contributed by atoms with E-state index in [1.54, 1.807) is 26.0 Å². The van der Waals surface area contributed by atoms with Crippen LogP contribution in [0.2, 0.25) is 0 Å². The van der Waals surface area contributed by atoms with Crippen molar-refractivity contribution >= 4 is 33.5 Å². The monoisotopic (exact) mass is 398 g/mol. The zero-order chi connectivity index (χ0) is 21.1. The van der Waals surface area contributed by atoms with Gasteiger partial charge < -0.3 is 9.47 Å². The summed E-state index contributed by atoms with van der Waals surface area (Å²) >= 11 is 0. The Labute approximate surface area is 175 Å². The predicted molar refractivity (Wildman–Crippen MR) is 119 cm³/mol. The number of rotatable bonds is 5. The van der Waals surface area contributed by atoms with Gasteiger partial charge in [-0.05, 0) is 64.7 Å². The van der Waals surface area contributed by atoms with Crippen LogP contribution >= 0.6 is 0 Å². The number of hydrogen-bond acceptors (Lipinski definition) is 4. The molecular formula is C26H22O4. The Kier molecular flexibility index (Phi) is 5.48. The summed E-state index contributed by atoms with van der Waals surface area (Å²) in [6.45, 7) is 3.93. The molecule has 0 aromatic heterocycles. The molecule has 0 aliphatic carbocycles. The van der Waals surface area contributed by atoms with Gasteiger partial charge in [-0.3, -0.25) is 0 Å². The third-order valence-electron chi connectivity index (χ3n) is 5.09. The van der Waals surface area contributed by atoms with E-state index in [1.165, 1.54) is 5.39 Å². The topological polar surface area (TPSA) is 52.6 Å². The van der Waals surface area contributed by atoms with Crippen molar-refractivity contribution in [1.29, 1.82) is 0 Å². The number of hydrogen-bond donors (Lipinski definition) is 0. The number of carbonyl (C=O) groups is 2. The van der Waals surface area contributed by atoms with Gasteiger partial charge in [0.25, 0.3) is 0 Å². The van der Waals surface area contributed by atoms with Crippen LogP contribution < -0.4 is 0 Å². The summed E-state index contributed by atoms with van der Waals surface area (Å²) in [4.78, 5) is 25.0. The van der Waals surface area contributed by atoms with E-state index >= 15 is 0 Å². The molecule has 0 aliphatic heterocycles. The summed E-state index contributed by atoms with van der Waals surface area (Å²) in [5, 5.41) is 4.50. The minimum atomic E-state index is -0.535. The van der Waals surface area contributed by atoms with E-state index in [2.05, 4.69) is 30.3 Å². The molecule has 0 amide bonds. The smallest absolute Gasteiger partial charge is 0.339 e. The SMILES string of the molecule is CCOC(=O)c1ccc(-c2cc3ccccc3c3ccccc23)cc1C(=O)OCC. The van der Waals surface area contributed by atoms with Gasteiger partial charge in [-0.2, -0.15) is 0 Å². The molecule has 150 valence electrons. The van der Waals surface area contributed by atoms with E-state index in [0.29, 0.717) is 0 Å². The molecule has 0 radical (unpaired) electrons. The van der Waals surface area contributed by atoms with Crippen molar-refractivity contribution in [2.45, 2.75) is 13.8 Å². The first-order valence-electron chi connectivity index (χ1n) is 10.0. The van der Waals surface area contributed by atoms with Crippen LogP contribution in [0.5, 0.6) is 0 Å². The van der Waals surface area contributed by atoms with Gasteiger partial charge in [0.2, 0.25) is 0 Å². The molecule has 30 heavy (non-hydrogen) atoms. The molecular weight excluding hydrogens is 376 g/mol. The molecule has 0 bridgehead atoms. The van der Waals surface area contributed by atoms with Crippen molar-refractivity contribution in [3.05, 3.63) is 83.9 Å². The van der Waals surface area contributed by atoms with E-state index in [4.69, 9.17) is 9.47 Å². The Balaban J connectivity index is 1.96. The molecule has 0 unspecified atom stereocenters. The first-order chi connectivity index (χ1) is 14.6. The molecule has 4 heteroatoms. The highest BCUT2D eigenvalue weighted by molar-refractivity contribution is 6.14. The second kappa shape index (κ2) is 8.37. The highest BCUT2D eigenvalue weighted by atomic mass is 16.5. The van der Waals surface area contributed by atoms with Gasteiger partial charge in [0, 0.05) is 0 Å². The average molecular weight is 398 g/mol. The standard InChI is InChI=1S/C26H22O4/c1-3-29-25(27)22-14-13-18(16-24(22)26(28)30-4-2)23-15-17-9-5-6-10-19(17)20-11-7-8-12-21(20)23/h5-16H,3-4H2,1-2H3. The van der Waals surface area contributed by atoms with E-state index in [9.17, 15) is 9.59 Å². The zero-order valence-electron chi connectivity index (χ0n) is 17.0. The third-order valence-corrected chi connectivity index (χ3v) is 5.09. The lowest BCUT2D eigenvalue weighted by Gasteiger charge is -2.14. The first kappa shape index (κ1) is 19.6. The summed E-state index contributed by atoms with van der Waals surface area (Å²) < 4.78 is 10.3. The maximum absolute atomic E-state index is 12.6. The van der Waals surface area contributed by atoms with Crippen LogP contribution in [0.1, 0.15) is 34.6 Å². The minimum Gasteiger partial charge on any atom is -0.462 e. The fourth-order valence-corrected chi connectivity index (χ4v) is 3.77. The Morgan fingerprint density at radius 1 is 0.667 bits per heavy atom. The molecule has 0 fully saturated rings. The maximum Gasteiger partial charge on any atom is 0.339 e. The van der Waals surface area contributed by atoms with E-state index in [1.807, 2.05) is 30.3 Å². The Morgan fingerprint density at radius 3 is 1.97 bits per heavy atom. The molecule has 4 aromatic rings. The predicted octanol–water partition coefficient (Wildman–Crippen LogP) is 6.01. The number of esters is 2. The molecule has 0 saturated heterocycles. The molecule has 4 nitrogen and oxygen atoms in total. The number of benzene rings is 4. The van der Waals surface area contributed by atoms with Gasteiger partial charge in [0.15, 0.2) is 0 Å². The van der Waals surface area contributed by atoms with Crippen LogP contribution in [0.3, 0.4) is 0 Å². The average Bonchev–Trinajstić information content (AvgIpc) is 2.78. The van der Waals surface area contributed by atoms with Gasteiger partial charge in [-0.25, -0.2) is 9.59 Å². The van der Waals surface area contributed by atoms with Gasteiger partial charge in [0.05, 0.1) is 24.3 Å². The second-order valence-electron chi connectivity index (χ2n) is 6.89. The summed E-state index contributed by atoms with van der Waals surface area (Å²) in [5.41, 5.74) is 2.26. The number of ether oxygens (including phenoxy) is 2. The highest BCUT2D eigenvalue weighted by Gasteiger charge is 2.21. The van der Waals surface area contributed by atoms with E-state index < -0.39 is 11.9 Å². The second-order valence-corrected chi connectivity index (χ2v) is 6.89. The Bertz CT molecular complexity index is 1260. The lowest BCUT2D eigenvalue weighted by Crippen LogP contribution is -2.14. The lowest BCUT2D eigenvalue weighted by molar-refractivity contribution is 0.0479. The molecule has 0 aliphatic rings. The Hall–Kier alpha value is -3.66. The van der Waals surface area contributed by atoms with Crippen molar-refractivity contribution in [3.63, 3.8) is 0 Å². The molecule has 0 spiro atoms. The van der Waals surface area contributed by atoms with E-state index in [0.717, 1.165) is 27.3 Å². The van der Waals surface area contributed by atoms with Crippen molar-refractivity contribution in [2.75, 3.05) is 13.2 Å². The van der Waals surface area contributed by atoms with Crippen LogP contribution in [-0.4, -0.2) is 25.2 Å². The normalized spacial score (nSPS) is 10.9. The number of carbonyl (C=O) groups excluding carboxylic acids is 2. The third kappa shape index (κ3) is 3.52. The van der Waals surface area contributed by atoms with Crippen molar-refractivity contribution in [1.82, 2.24) is 0 Å². The summed E-state index contributed by atoms with van der Waals surface area (Å²) in [7, 11) is 0. The van der Waals surface area contributed by atoms with Crippen LogP contribution in [-0.2, 0) is 9.47 Å². The lowest BCUT2D eigenvalue weighted by atomic mass is 9.91. The first-order valence-corrected chi connectivity index (χ1v) is 10.0. The van der Waals surface area contributed by atoms with Crippen LogP contribution in [0.25, 0.3) is 32.7 Å². The fourth-order valence-electron chi connectivity index (χ4n) is 3.77. The molecule has 0 N–H and O–H groups in total. The van der Waals surface area contributed by atoms with Gasteiger partial charge in [-0.1, -0.05) is 54.6 Å². The molecule has 4 aromatic carbocycles. The molecule has 0 saturated carbocycles. The zero-order valence-corrected chi connectivity index (χ0v) is 17.0. The quantitative estimate of drug-likeness (QED) is 0.305. The van der Waals surface area contributed by atoms with E-state index in [-0.39, 0.29) is 24.3 Å². The highest BCUT2D eigenvalue weighted by Crippen LogP contribution is 2.35. The van der Waals surface area contributed by atoms with Crippen molar-refractivity contribution in [3.8, 4) is 11.1 Å². The van der Waals surface area contributed by atoms with Crippen molar-refractivity contribution in [2.24, 2.45) is 0 Å². The van der Waals surface area contributed by atoms with Crippen LogP contribution in [0, 0.1) is 0 Å². The molecule has 0 heterocycles. The van der Waals surface area contributed by atoms with Crippen molar-refractivity contribution < 1.29 is 19.1 Å². The summed E-state index contributed by atoms with van der Waals surface area (Å²) in [5.74, 6) is -1.07. The maximum atomic E-state index is 12.6. The molecule has 4 rings (SSSR count). The Morgan fingerprint density at radius 2 is 1.27 bits per heavy atom. The van der Waals surface area contributed by atoms with Crippen LogP contribution in [0.4, 0.5) is 0 Å². The van der Waals surface area contributed by atoms with Gasteiger partial charge in [0.1, 0.15) is 0 Å². The minimum absolute atomic E-state index is 0.212. The van der Waals surface area contributed by atoms with Gasteiger partial charge >= 0.3 is 11.9 Å². The number of fused-ring (bicyclic) bond motifs is 3. The largest absolute Gasteiger partial charge is 0.462 e. The molecule has 0 atom stereocenters.